The van der Waals surface area contributed by atoms with Crippen molar-refractivity contribution in [2.24, 2.45) is 5.41 Å². The molecule has 0 aromatic carbocycles. The smallest absolute Gasteiger partial charge is 0.311 e. The van der Waals surface area contributed by atoms with Gasteiger partial charge < -0.3 is 15.2 Å². The number of rotatable bonds is 7. The average molecular weight is 259 g/mol. The van der Waals surface area contributed by atoms with Crippen LogP contribution in [0.4, 0.5) is 0 Å². The molecule has 2 N–H and O–H groups in total. The summed E-state index contributed by atoms with van der Waals surface area (Å²) in [5, 5.41) is 12.0. The lowest BCUT2D eigenvalue weighted by Gasteiger charge is -2.38. The van der Waals surface area contributed by atoms with Gasteiger partial charge in [0, 0.05) is 19.1 Å². The summed E-state index contributed by atoms with van der Waals surface area (Å²) in [6, 6.07) is 0. The lowest BCUT2D eigenvalue weighted by atomic mass is 9.74. The Morgan fingerprint density at radius 3 is 2.17 bits per heavy atom. The summed E-state index contributed by atoms with van der Waals surface area (Å²) in [4.78, 5) is 23.0. The van der Waals surface area contributed by atoms with Crippen LogP contribution in [0.1, 0.15) is 47.5 Å². The van der Waals surface area contributed by atoms with Gasteiger partial charge in [-0.15, -0.1) is 0 Å². The first kappa shape index (κ1) is 16.9. The van der Waals surface area contributed by atoms with Crippen LogP contribution < -0.4 is 5.32 Å². The van der Waals surface area contributed by atoms with Crippen molar-refractivity contribution in [2.75, 3.05) is 7.11 Å². The molecule has 0 aromatic heterocycles. The summed E-state index contributed by atoms with van der Waals surface area (Å²) < 4.78 is 5.06. The molecule has 0 aliphatic rings. The predicted octanol–water partition coefficient (Wildman–Crippen LogP) is 1.81. The molecule has 0 heterocycles. The van der Waals surface area contributed by atoms with Crippen molar-refractivity contribution in [1.82, 2.24) is 5.32 Å². The number of nitrogens with one attached hydrogen (secondary N) is 1. The Morgan fingerprint density at radius 1 is 1.28 bits per heavy atom. The van der Waals surface area contributed by atoms with Crippen LogP contribution in [0.25, 0.3) is 0 Å². The van der Waals surface area contributed by atoms with Crippen LogP contribution in [0.5, 0.6) is 0 Å². The molecule has 106 valence electrons. The molecule has 1 amide bonds. The van der Waals surface area contributed by atoms with Crippen LogP contribution in [-0.4, -0.2) is 35.7 Å². The van der Waals surface area contributed by atoms with E-state index < -0.39 is 16.9 Å². The van der Waals surface area contributed by atoms with Gasteiger partial charge in [-0.25, -0.2) is 0 Å². The lowest BCUT2D eigenvalue weighted by Crippen LogP contribution is -2.57. The molecule has 0 spiro atoms. The van der Waals surface area contributed by atoms with Crippen molar-refractivity contribution in [3.63, 3.8) is 0 Å². The first-order valence-electron chi connectivity index (χ1n) is 6.11. The molecule has 5 nitrogen and oxygen atoms in total. The number of ether oxygens (including phenoxy) is 1. The molecule has 0 radical (unpaired) electrons. The molecule has 0 saturated heterocycles. The van der Waals surface area contributed by atoms with Crippen LogP contribution in [0.2, 0.25) is 0 Å². The van der Waals surface area contributed by atoms with Gasteiger partial charge in [0.25, 0.3) is 0 Å². The summed E-state index contributed by atoms with van der Waals surface area (Å²) >= 11 is 0. The van der Waals surface area contributed by atoms with E-state index >= 15 is 0 Å². The maximum absolute atomic E-state index is 11.8. The minimum atomic E-state index is -1.03. The molecule has 18 heavy (non-hydrogen) atoms. The van der Waals surface area contributed by atoms with Crippen LogP contribution >= 0.6 is 0 Å². The fourth-order valence-corrected chi connectivity index (χ4v) is 1.29. The number of carbonyl (C=O) groups excluding carboxylic acids is 1. The van der Waals surface area contributed by atoms with Gasteiger partial charge in [0.15, 0.2) is 0 Å². The summed E-state index contributed by atoms with van der Waals surface area (Å²) in [7, 11) is 1.60. The van der Waals surface area contributed by atoms with E-state index in [1.54, 1.807) is 34.8 Å². The zero-order chi connectivity index (χ0) is 14.6. The quantitative estimate of drug-likeness (QED) is 0.731. The molecule has 0 fully saturated rings. The summed E-state index contributed by atoms with van der Waals surface area (Å²) in [5.41, 5.74) is -1.85. The average Bonchev–Trinajstić information content (AvgIpc) is 2.24. The predicted molar refractivity (Wildman–Crippen MR) is 69.3 cm³/mol. The van der Waals surface area contributed by atoms with Gasteiger partial charge >= 0.3 is 5.97 Å². The largest absolute Gasteiger partial charge is 0.481 e. The highest BCUT2D eigenvalue weighted by Gasteiger charge is 2.44. The second-order valence-electron chi connectivity index (χ2n) is 5.69. The van der Waals surface area contributed by atoms with E-state index in [9.17, 15) is 14.7 Å². The normalized spacial score (nSPS) is 14.1. The standard InChI is InChI=1S/C13H25NO4/c1-9(18-6)7-8-10(15)14-13(4,5)12(2,3)11(16)17/h9H,7-8H2,1-6H3,(H,14,15)(H,16,17). The number of carboxylic acids is 1. The van der Waals surface area contributed by atoms with E-state index in [1.165, 1.54) is 0 Å². The number of aliphatic carboxylic acids is 1. The molecule has 0 aliphatic carbocycles. The molecule has 0 aliphatic heterocycles. The van der Waals surface area contributed by atoms with Crippen LogP contribution in [0.3, 0.4) is 0 Å². The maximum Gasteiger partial charge on any atom is 0.311 e. The molecule has 1 atom stereocenters. The van der Waals surface area contributed by atoms with E-state index in [0.717, 1.165) is 0 Å². The zero-order valence-corrected chi connectivity index (χ0v) is 12.2. The van der Waals surface area contributed by atoms with Crippen molar-refractivity contribution in [3.05, 3.63) is 0 Å². The molecule has 0 saturated carbocycles. The van der Waals surface area contributed by atoms with Gasteiger partial charge in [-0.05, 0) is 41.0 Å². The Balaban J connectivity index is 4.50. The van der Waals surface area contributed by atoms with Crippen LogP contribution in [0, 0.1) is 5.41 Å². The van der Waals surface area contributed by atoms with Gasteiger partial charge in [-0.2, -0.15) is 0 Å². The number of carbonyl (C=O) groups is 2. The molecule has 0 aromatic rings. The second-order valence-corrected chi connectivity index (χ2v) is 5.69. The summed E-state index contributed by atoms with van der Waals surface area (Å²) in [5.74, 6) is -1.09. The Morgan fingerprint density at radius 2 is 1.78 bits per heavy atom. The van der Waals surface area contributed by atoms with E-state index in [0.29, 0.717) is 12.8 Å². The third kappa shape index (κ3) is 4.29. The van der Waals surface area contributed by atoms with Gasteiger partial charge in [0.2, 0.25) is 5.91 Å². The highest BCUT2D eigenvalue weighted by molar-refractivity contribution is 5.80. The first-order valence-corrected chi connectivity index (χ1v) is 6.11. The van der Waals surface area contributed by atoms with Crippen molar-refractivity contribution in [2.45, 2.75) is 59.1 Å². The Kier molecular flexibility index (Phi) is 5.80. The molecule has 0 bridgehead atoms. The Labute approximate surface area is 109 Å². The zero-order valence-electron chi connectivity index (χ0n) is 12.2. The maximum atomic E-state index is 11.8. The SMILES string of the molecule is COC(C)CCC(=O)NC(C)(C)C(C)(C)C(=O)O. The topological polar surface area (TPSA) is 75.6 Å². The minimum Gasteiger partial charge on any atom is -0.481 e. The summed E-state index contributed by atoms with van der Waals surface area (Å²) in [6.45, 7) is 8.54. The number of amides is 1. The monoisotopic (exact) mass is 259 g/mol. The van der Waals surface area contributed by atoms with E-state index in [-0.39, 0.29) is 12.0 Å². The highest BCUT2D eigenvalue weighted by atomic mass is 16.5. The lowest BCUT2D eigenvalue weighted by molar-refractivity contribution is -0.151. The van der Waals surface area contributed by atoms with Crippen LogP contribution in [-0.2, 0) is 14.3 Å². The molecule has 0 rings (SSSR count). The molecular formula is C13H25NO4. The van der Waals surface area contributed by atoms with Crippen molar-refractivity contribution in [1.29, 1.82) is 0 Å². The van der Waals surface area contributed by atoms with E-state index in [2.05, 4.69) is 5.32 Å². The second kappa shape index (κ2) is 6.18. The third-order valence-electron chi connectivity index (χ3n) is 3.73. The van der Waals surface area contributed by atoms with E-state index in [4.69, 9.17) is 4.74 Å². The fraction of sp³-hybridized carbons (Fsp3) is 0.846. The molecule has 1 unspecified atom stereocenters. The van der Waals surface area contributed by atoms with Gasteiger partial charge in [0.05, 0.1) is 11.5 Å². The fourth-order valence-electron chi connectivity index (χ4n) is 1.29. The van der Waals surface area contributed by atoms with Crippen molar-refractivity contribution >= 4 is 11.9 Å². The third-order valence-corrected chi connectivity index (χ3v) is 3.73. The highest BCUT2D eigenvalue weighted by Crippen LogP contribution is 2.30. The van der Waals surface area contributed by atoms with Gasteiger partial charge in [-0.1, -0.05) is 0 Å². The number of hydrogen-bond acceptors (Lipinski definition) is 3. The minimum absolute atomic E-state index is 0.0198. The number of hydrogen-bond donors (Lipinski definition) is 2. The van der Waals surface area contributed by atoms with Gasteiger partial charge in [-0.3, -0.25) is 9.59 Å². The van der Waals surface area contributed by atoms with Gasteiger partial charge in [0.1, 0.15) is 0 Å². The number of carboxylic acid groups (broad SMARTS) is 1. The Hall–Kier alpha value is -1.10. The van der Waals surface area contributed by atoms with Crippen molar-refractivity contribution in [3.8, 4) is 0 Å². The number of methoxy groups -OCH3 is 1. The van der Waals surface area contributed by atoms with E-state index in [1.807, 2.05) is 6.92 Å². The first-order chi connectivity index (χ1) is 8.04. The molecule has 5 heteroatoms. The van der Waals surface area contributed by atoms with Crippen molar-refractivity contribution < 1.29 is 19.4 Å². The Bertz CT molecular complexity index is 310. The van der Waals surface area contributed by atoms with Crippen LogP contribution in [0.15, 0.2) is 0 Å². The summed E-state index contributed by atoms with van der Waals surface area (Å²) in [6.07, 6.45) is 0.964. The molecular weight excluding hydrogens is 234 g/mol.